The van der Waals surface area contributed by atoms with Gasteiger partial charge in [-0.15, -0.1) is 10.2 Å². The van der Waals surface area contributed by atoms with Crippen molar-refractivity contribution < 1.29 is 18.3 Å². The van der Waals surface area contributed by atoms with E-state index < -0.39 is 5.82 Å². The van der Waals surface area contributed by atoms with E-state index in [4.69, 9.17) is 9.15 Å². The van der Waals surface area contributed by atoms with Crippen LogP contribution in [0.2, 0.25) is 0 Å². The first-order valence-electron chi connectivity index (χ1n) is 8.87. The molecule has 1 aliphatic rings. The Morgan fingerprint density at radius 3 is 2.93 bits per heavy atom. The van der Waals surface area contributed by atoms with E-state index in [1.165, 1.54) is 12.1 Å². The summed E-state index contributed by atoms with van der Waals surface area (Å²) in [6, 6.07) is 6.00. The number of aryl methyl sites for hydroxylation is 1. The zero-order chi connectivity index (χ0) is 19.5. The number of halogens is 1. The number of hydrogen-bond acceptors (Lipinski definition) is 7. The van der Waals surface area contributed by atoms with E-state index >= 15 is 0 Å². The van der Waals surface area contributed by atoms with Crippen molar-refractivity contribution in [2.75, 3.05) is 19.7 Å². The second-order valence-corrected chi connectivity index (χ2v) is 6.53. The second kappa shape index (κ2) is 7.71. The fourth-order valence-corrected chi connectivity index (χ4v) is 2.99. The second-order valence-electron chi connectivity index (χ2n) is 6.53. The maximum Gasteiger partial charge on any atom is 0.267 e. The predicted octanol–water partition coefficient (Wildman–Crippen LogP) is 2.37. The summed E-state index contributed by atoms with van der Waals surface area (Å²) in [4.78, 5) is 22.4. The number of amides is 1. The molecule has 0 radical (unpaired) electrons. The topological polar surface area (TPSA) is 94.2 Å². The summed E-state index contributed by atoms with van der Waals surface area (Å²) in [5.41, 5.74) is 1.31. The van der Waals surface area contributed by atoms with Gasteiger partial charge in [0.1, 0.15) is 5.69 Å². The number of rotatable bonds is 5. The first kappa shape index (κ1) is 18.0. The minimum Gasteiger partial charge on any atom is -0.481 e. The zero-order valence-electron chi connectivity index (χ0n) is 15.2. The first-order valence-corrected chi connectivity index (χ1v) is 8.87. The third-order valence-electron chi connectivity index (χ3n) is 4.52. The van der Waals surface area contributed by atoms with Crippen LogP contribution in [0.15, 0.2) is 41.1 Å². The van der Waals surface area contributed by atoms with Gasteiger partial charge in [0, 0.05) is 19.3 Å². The van der Waals surface area contributed by atoms with Gasteiger partial charge >= 0.3 is 0 Å². The molecular formula is C19H18FN5O3. The molecule has 1 saturated heterocycles. The summed E-state index contributed by atoms with van der Waals surface area (Å²) < 4.78 is 24.6. The van der Waals surface area contributed by atoms with Crippen LogP contribution in [0.4, 0.5) is 4.39 Å². The molecule has 2 aromatic heterocycles. The van der Waals surface area contributed by atoms with Gasteiger partial charge in [-0.05, 0) is 25.5 Å². The van der Waals surface area contributed by atoms with Gasteiger partial charge in [0.05, 0.1) is 17.8 Å². The quantitative estimate of drug-likeness (QED) is 0.667. The summed E-state index contributed by atoms with van der Waals surface area (Å²) in [6.07, 6.45) is 3.91. The van der Waals surface area contributed by atoms with Crippen LogP contribution >= 0.6 is 0 Å². The molecule has 1 unspecified atom stereocenters. The summed E-state index contributed by atoms with van der Waals surface area (Å²) in [5.74, 6) is 0.0596. The number of para-hydroxylation sites is 1. The van der Waals surface area contributed by atoms with Crippen LogP contribution < -0.4 is 4.74 Å². The average Bonchev–Trinajstić information content (AvgIpc) is 3.37. The van der Waals surface area contributed by atoms with Gasteiger partial charge < -0.3 is 14.1 Å². The number of ether oxygens (including phenoxy) is 1. The SMILES string of the molecule is Cc1cnc(-c2nnc(C3CCN(C(=O)COc4ccccc4F)C3)o2)cn1. The van der Waals surface area contributed by atoms with Crippen LogP contribution in [0.5, 0.6) is 5.75 Å². The minimum atomic E-state index is -0.493. The lowest BCUT2D eigenvalue weighted by Crippen LogP contribution is -2.33. The van der Waals surface area contributed by atoms with Gasteiger partial charge in [0.2, 0.25) is 5.89 Å². The molecule has 1 aromatic carbocycles. The lowest BCUT2D eigenvalue weighted by Gasteiger charge is -2.16. The Morgan fingerprint density at radius 2 is 2.14 bits per heavy atom. The van der Waals surface area contributed by atoms with E-state index in [1.807, 2.05) is 6.92 Å². The monoisotopic (exact) mass is 383 g/mol. The summed E-state index contributed by atoms with van der Waals surface area (Å²) in [6.45, 7) is 2.62. The number of hydrogen-bond donors (Lipinski definition) is 0. The first-order chi connectivity index (χ1) is 13.6. The van der Waals surface area contributed by atoms with E-state index in [1.54, 1.807) is 29.4 Å². The normalized spacial score (nSPS) is 16.4. The van der Waals surface area contributed by atoms with Crippen molar-refractivity contribution in [3.05, 3.63) is 54.1 Å². The average molecular weight is 383 g/mol. The van der Waals surface area contributed by atoms with Crippen molar-refractivity contribution in [3.63, 3.8) is 0 Å². The van der Waals surface area contributed by atoms with E-state index in [0.717, 1.165) is 5.69 Å². The van der Waals surface area contributed by atoms with Crippen molar-refractivity contribution >= 4 is 5.91 Å². The van der Waals surface area contributed by atoms with E-state index in [-0.39, 0.29) is 24.2 Å². The minimum absolute atomic E-state index is 0.0583. The van der Waals surface area contributed by atoms with Gasteiger partial charge in [-0.3, -0.25) is 9.78 Å². The molecule has 0 spiro atoms. The zero-order valence-corrected chi connectivity index (χ0v) is 15.2. The maximum atomic E-state index is 13.6. The van der Waals surface area contributed by atoms with Gasteiger partial charge in [-0.2, -0.15) is 0 Å². The Bertz CT molecular complexity index is 976. The summed E-state index contributed by atoms with van der Waals surface area (Å²) >= 11 is 0. The molecule has 28 heavy (non-hydrogen) atoms. The highest BCUT2D eigenvalue weighted by atomic mass is 19.1. The van der Waals surface area contributed by atoms with Crippen molar-refractivity contribution in [1.82, 2.24) is 25.1 Å². The number of nitrogens with zero attached hydrogens (tertiary/aromatic N) is 5. The molecule has 1 aliphatic heterocycles. The van der Waals surface area contributed by atoms with Crippen LogP contribution in [0, 0.1) is 12.7 Å². The molecule has 1 fully saturated rings. The van der Waals surface area contributed by atoms with Crippen molar-refractivity contribution in [2.24, 2.45) is 0 Å². The fourth-order valence-electron chi connectivity index (χ4n) is 2.99. The molecule has 0 bridgehead atoms. The molecule has 1 amide bonds. The van der Waals surface area contributed by atoms with E-state index in [0.29, 0.717) is 37.0 Å². The smallest absolute Gasteiger partial charge is 0.267 e. The van der Waals surface area contributed by atoms with Crippen LogP contribution in [0.1, 0.15) is 23.9 Å². The molecule has 3 heterocycles. The van der Waals surface area contributed by atoms with Crippen LogP contribution in [-0.4, -0.2) is 50.7 Å². The number of benzene rings is 1. The Kier molecular flexibility index (Phi) is 4.96. The fraction of sp³-hybridized carbons (Fsp3) is 0.316. The van der Waals surface area contributed by atoms with E-state index in [2.05, 4.69) is 20.2 Å². The standard InChI is InChI=1S/C19H18FN5O3/c1-12-8-22-15(9-21-12)19-24-23-18(28-19)13-6-7-25(10-13)17(26)11-27-16-5-3-2-4-14(16)20/h2-5,8-9,13H,6-7,10-11H2,1H3. The number of carbonyl (C=O) groups excluding carboxylic acids is 1. The summed E-state index contributed by atoms with van der Waals surface area (Å²) in [7, 11) is 0. The number of likely N-dealkylation sites (tertiary alicyclic amines) is 1. The molecule has 0 aliphatic carbocycles. The molecule has 144 valence electrons. The van der Waals surface area contributed by atoms with Crippen LogP contribution in [0.25, 0.3) is 11.6 Å². The van der Waals surface area contributed by atoms with Crippen LogP contribution in [0.3, 0.4) is 0 Å². The van der Waals surface area contributed by atoms with Crippen molar-refractivity contribution in [2.45, 2.75) is 19.3 Å². The highest BCUT2D eigenvalue weighted by Gasteiger charge is 2.31. The molecule has 9 heteroatoms. The molecule has 4 rings (SSSR count). The molecule has 0 saturated carbocycles. The summed E-state index contributed by atoms with van der Waals surface area (Å²) in [5, 5.41) is 8.12. The van der Waals surface area contributed by atoms with Gasteiger partial charge in [0.25, 0.3) is 11.8 Å². The Labute approximate surface area is 160 Å². The van der Waals surface area contributed by atoms with Crippen LogP contribution in [-0.2, 0) is 4.79 Å². The number of aromatic nitrogens is 4. The highest BCUT2D eigenvalue weighted by Crippen LogP contribution is 2.28. The van der Waals surface area contributed by atoms with Gasteiger partial charge in [-0.1, -0.05) is 12.1 Å². The Morgan fingerprint density at radius 1 is 1.29 bits per heavy atom. The largest absolute Gasteiger partial charge is 0.481 e. The lowest BCUT2D eigenvalue weighted by atomic mass is 10.1. The maximum absolute atomic E-state index is 13.6. The Hall–Kier alpha value is -3.36. The molecular weight excluding hydrogens is 365 g/mol. The van der Waals surface area contributed by atoms with Crippen molar-refractivity contribution in [1.29, 1.82) is 0 Å². The molecule has 3 aromatic rings. The van der Waals surface area contributed by atoms with Gasteiger partial charge in [-0.25, -0.2) is 9.37 Å². The molecule has 1 atom stereocenters. The Balaban J connectivity index is 1.35. The predicted molar refractivity (Wildman–Crippen MR) is 95.9 cm³/mol. The van der Waals surface area contributed by atoms with Crippen molar-refractivity contribution in [3.8, 4) is 17.3 Å². The third-order valence-corrected chi connectivity index (χ3v) is 4.52. The molecule has 8 nitrogen and oxygen atoms in total. The number of carbonyl (C=O) groups is 1. The molecule has 0 N–H and O–H groups in total. The lowest BCUT2D eigenvalue weighted by molar-refractivity contribution is -0.132. The van der Waals surface area contributed by atoms with Gasteiger partial charge in [0.15, 0.2) is 18.2 Å². The highest BCUT2D eigenvalue weighted by molar-refractivity contribution is 5.78. The third kappa shape index (κ3) is 3.83. The van der Waals surface area contributed by atoms with E-state index in [9.17, 15) is 9.18 Å².